The quantitative estimate of drug-likeness (QED) is 0.868. The molecule has 2 nitrogen and oxygen atoms in total. The minimum absolute atomic E-state index is 0.0716. The number of nitrogens with one attached hydrogen (secondary N) is 2. The molecule has 1 aliphatic heterocycles. The van der Waals surface area contributed by atoms with Crippen LogP contribution in [-0.2, 0) is 6.18 Å². The van der Waals surface area contributed by atoms with E-state index in [0.717, 1.165) is 32.0 Å². The topological polar surface area (TPSA) is 24.1 Å². The van der Waals surface area contributed by atoms with Gasteiger partial charge in [0.15, 0.2) is 0 Å². The van der Waals surface area contributed by atoms with E-state index >= 15 is 0 Å². The van der Waals surface area contributed by atoms with Crippen molar-refractivity contribution >= 4 is 21.6 Å². The maximum atomic E-state index is 12.7. The van der Waals surface area contributed by atoms with Crippen molar-refractivity contribution in [3.05, 3.63) is 28.2 Å². The summed E-state index contributed by atoms with van der Waals surface area (Å²) in [6.07, 6.45) is -2.31. The molecule has 6 heteroatoms. The third-order valence-electron chi connectivity index (χ3n) is 2.94. The van der Waals surface area contributed by atoms with E-state index < -0.39 is 11.7 Å². The molecule has 1 unspecified atom stereocenters. The second-order valence-electron chi connectivity index (χ2n) is 4.38. The van der Waals surface area contributed by atoms with Crippen LogP contribution in [0.3, 0.4) is 0 Å². The van der Waals surface area contributed by atoms with Gasteiger partial charge in [0, 0.05) is 22.7 Å². The van der Waals surface area contributed by atoms with Crippen LogP contribution in [0.25, 0.3) is 0 Å². The number of hydrogen-bond donors (Lipinski definition) is 2. The van der Waals surface area contributed by atoms with Crippen LogP contribution in [0.15, 0.2) is 22.7 Å². The summed E-state index contributed by atoms with van der Waals surface area (Å²) in [6.45, 7) is 1.77. The summed E-state index contributed by atoms with van der Waals surface area (Å²) in [4.78, 5) is 0. The molecule has 0 amide bonds. The molecule has 100 valence electrons. The molecule has 1 atom stereocenters. The lowest BCUT2D eigenvalue weighted by atomic mass is 10.1. The molecule has 0 aliphatic carbocycles. The van der Waals surface area contributed by atoms with Crippen LogP contribution in [0.5, 0.6) is 0 Å². The van der Waals surface area contributed by atoms with Crippen LogP contribution in [-0.4, -0.2) is 19.1 Å². The van der Waals surface area contributed by atoms with Crippen molar-refractivity contribution in [1.29, 1.82) is 0 Å². The standard InChI is InChI=1S/C12H14BrF3N2/c13-11-4-3-8(6-10(11)12(14,15)16)18-9-2-1-5-17-7-9/h3-4,6,9,17-18H,1-2,5,7H2. The van der Waals surface area contributed by atoms with Crippen molar-refractivity contribution in [1.82, 2.24) is 5.32 Å². The molecule has 1 heterocycles. The highest BCUT2D eigenvalue weighted by Crippen LogP contribution is 2.36. The van der Waals surface area contributed by atoms with E-state index in [1.165, 1.54) is 6.07 Å². The van der Waals surface area contributed by atoms with Gasteiger partial charge in [-0.25, -0.2) is 0 Å². The molecule has 0 radical (unpaired) electrons. The van der Waals surface area contributed by atoms with Crippen LogP contribution in [0, 0.1) is 0 Å². The van der Waals surface area contributed by atoms with Crippen LogP contribution in [0.1, 0.15) is 18.4 Å². The fourth-order valence-electron chi connectivity index (χ4n) is 2.04. The molecule has 2 N–H and O–H groups in total. The molecule has 2 rings (SSSR count). The molecular formula is C12H14BrF3N2. The molecule has 1 fully saturated rings. The van der Waals surface area contributed by atoms with E-state index in [9.17, 15) is 13.2 Å². The summed E-state index contributed by atoms with van der Waals surface area (Å²) in [5.41, 5.74) is -0.129. The van der Waals surface area contributed by atoms with E-state index in [1.54, 1.807) is 6.07 Å². The zero-order valence-electron chi connectivity index (χ0n) is 9.65. The minimum atomic E-state index is -4.33. The minimum Gasteiger partial charge on any atom is -0.381 e. The number of halogens is 4. The predicted molar refractivity (Wildman–Crippen MR) is 68.7 cm³/mol. The zero-order chi connectivity index (χ0) is 13.2. The number of hydrogen-bond acceptors (Lipinski definition) is 2. The van der Waals surface area contributed by atoms with Crippen molar-refractivity contribution in [2.75, 3.05) is 18.4 Å². The Labute approximate surface area is 112 Å². The Morgan fingerprint density at radius 3 is 2.72 bits per heavy atom. The molecule has 18 heavy (non-hydrogen) atoms. The van der Waals surface area contributed by atoms with E-state index in [0.29, 0.717) is 5.69 Å². The molecule has 0 bridgehead atoms. The van der Waals surface area contributed by atoms with Gasteiger partial charge in [-0.3, -0.25) is 0 Å². The molecule has 1 aromatic carbocycles. The Kier molecular flexibility index (Phi) is 4.17. The Balaban J connectivity index is 2.14. The summed E-state index contributed by atoms with van der Waals surface area (Å²) in [5, 5.41) is 6.35. The monoisotopic (exact) mass is 322 g/mol. The maximum absolute atomic E-state index is 12.7. The summed E-state index contributed by atoms with van der Waals surface area (Å²) >= 11 is 2.93. The molecule has 1 saturated heterocycles. The average molecular weight is 323 g/mol. The highest BCUT2D eigenvalue weighted by Gasteiger charge is 2.33. The summed E-state index contributed by atoms with van der Waals surface area (Å²) in [5.74, 6) is 0. The van der Waals surface area contributed by atoms with E-state index in [2.05, 4.69) is 26.6 Å². The van der Waals surface area contributed by atoms with Crippen LogP contribution in [0.4, 0.5) is 18.9 Å². The van der Waals surface area contributed by atoms with Gasteiger partial charge in [-0.15, -0.1) is 0 Å². The lowest BCUT2D eigenvalue weighted by Gasteiger charge is -2.25. The number of alkyl halides is 3. The van der Waals surface area contributed by atoms with E-state index in [1.807, 2.05) is 0 Å². The fourth-order valence-corrected chi connectivity index (χ4v) is 2.51. The Hall–Kier alpha value is -0.750. The average Bonchev–Trinajstić information content (AvgIpc) is 2.31. The third kappa shape index (κ3) is 3.38. The molecule has 0 saturated carbocycles. The highest BCUT2D eigenvalue weighted by atomic mass is 79.9. The Bertz CT molecular complexity index is 414. The third-order valence-corrected chi connectivity index (χ3v) is 3.63. The lowest BCUT2D eigenvalue weighted by Crippen LogP contribution is -2.38. The first kappa shape index (κ1) is 13.7. The van der Waals surface area contributed by atoms with E-state index in [-0.39, 0.29) is 10.5 Å². The number of benzene rings is 1. The fraction of sp³-hybridized carbons (Fsp3) is 0.500. The van der Waals surface area contributed by atoms with Gasteiger partial charge in [0.05, 0.1) is 5.56 Å². The molecule has 1 aromatic rings. The summed E-state index contributed by atoms with van der Waals surface area (Å²) < 4.78 is 38.3. The first-order valence-corrected chi connectivity index (χ1v) is 6.60. The number of rotatable bonds is 2. The van der Waals surface area contributed by atoms with Gasteiger partial charge in [-0.05, 0) is 37.6 Å². The van der Waals surface area contributed by atoms with Crippen molar-refractivity contribution in [3.63, 3.8) is 0 Å². The second kappa shape index (κ2) is 5.48. The van der Waals surface area contributed by atoms with Crippen LogP contribution < -0.4 is 10.6 Å². The second-order valence-corrected chi connectivity index (χ2v) is 5.23. The first-order valence-electron chi connectivity index (χ1n) is 5.81. The van der Waals surface area contributed by atoms with Crippen LogP contribution in [0.2, 0.25) is 0 Å². The van der Waals surface area contributed by atoms with Crippen LogP contribution >= 0.6 is 15.9 Å². The van der Waals surface area contributed by atoms with Gasteiger partial charge < -0.3 is 10.6 Å². The smallest absolute Gasteiger partial charge is 0.381 e. The van der Waals surface area contributed by atoms with Crippen molar-refractivity contribution < 1.29 is 13.2 Å². The van der Waals surface area contributed by atoms with Gasteiger partial charge in [0.25, 0.3) is 0 Å². The van der Waals surface area contributed by atoms with Gasteiger partial charge in [-0.2, -0.15) is 13.2 Å². The normalized spacial score (nSPS) is 20.8. The van der Waals surface area contributed by atoms with E-state index in [4.69, 9.17) is 0 Å². The molecule has 0 spiro atoms. The SMILES string of the molecule is FC(F)(F)c1cc(NC2CCCNC2)ccc1Br. The van der Waals surface area contributed by atoms with Gasteiger partial charge in [0.1, 0.15) is 0 Å². The Morgan fingerprint density at radius 2 is 2.11 bits per heavy atom. The van der Waals surface area contributed by atoms with Gasteiger partial charge in [0.2, 0.25) is 0 Å². The van der Waals surface area contributed by atoms with Crippen molar-refractivity contribution in [2.45, 2.75) is 25.1 Å². The summed E-state index contributed by atoms with van der Waals surface area (Å²) in [6, 6.07) is 4.44. The Morgan fingerprint density at radius 1 is 1.33 bits per heavy atom. The molecule has 1 aliphatic rings. The molecular weight excluding hydrogens is 309 g/mol. The number of anilines is 1. The van der Waals surface area contributed by atoms with Gasteiger partial charge in [-0.1, -0.05) is 15.9 Å². The zero-order valence-corrected chi connectivity index (χ0v) is 11.2. The van der Waals surface area contributed by atoms with Crippen molar-refractivity contribution in [3.8, 4) is 0 Å². The molecule has 0 aromatic heterocycles. The van der Waals surface area contributed by atoms with Crippen molar-refractivity contribution in [2.24, 2.45) is 0 Å². The maximum Gasteiger partial charge on any atom is 0.417 e. The highest BCUT2D eigenvalue weighted by molar-refractivity contribution is 9.10. The number of piperidine rings is 1. The lowest BCUT2D eigenvalue weighted by molar-refractivity contribution is -0.138. The van der Waals surface area contributed by atoms with Gasteiger partial charge >= 0.3 is 6.18 Å². The summed E-state index contributed by atoms with van der Waals surface area (Å²) in [7, 11) is 0. The first-order chi connectivity index (χ1) is 8.47. The largest absolute Gasteiger partial charge is 0.417 e. The predicted octanol–water partition coefficient (Wildman–Crippen LogP) is 3.63.